The summed E-state index contributed by atoms with van der Waals surface area (Å²) in [6.45, 7) is -0.959. The van der Waals surface area contributed by atoms with E-state index >= 15 is 0 Å². The van der Waals surface area contributed by atoms with Crippen LogP contribution in [0.4, 0.5) is 8.78 Å². The Morgan fingerprint density at radius 3 is 2.71 bits per heavy atom. The number of hydrogen-bond donors (Lipinski definition) is 2. The van der Waals surface area contributed by atoms with Gasteiger partial charge in [-0.25, -0.2) is 0 Å². The number of nitrogens with one attached hydrogen (secondary N) is 1. The summed E-state index contributed by atoms with van der Waals surface area (Å²) in [6.07, 6.45) is 0.876. The van der Waals surface area contributed by atoms with Crippen molar-refractivity contribution in [2.24, 2.45) is 5.73 Å². The maximum atomic E-state index is 12.3. The number of carbonyl (C=O) groups is 1. The molecule has 0 aliphatic carbocycles. The predicted octanol–water partition coefficient (Wildman–Crippen LogP) is 3.22. The minimum absolute atomic E-state index is 0. The van der Waals surface area contributed by atoms with E-state index in [4.69, 9.17) is 5.73 Å². The highest BCUT2D eigenvalue weighted by Crippen LogP contribution is 2.24. The summed E-state index contributed by atoms with van der Waals surface area (Å²) in [5, 5.41) is 2.65. The molecule has 0 saturated heterocycles. The average Bonchev–Trinajstić information content (AvgIpc) is 2.36. The SMILES string of the molecule is CC(N)CCC(=O)NCc1cc(Br)ccc1OC(F)F.Cl. The van der Waals surface area contributed by atoms with Crippen LogP contribution in [0.2, 0.25) is 0 Å². The lowest BCUT2D eigenvalue weighted by Gasteiger charge is -2.12. The van der Waals surface area contributed by atoms with Crippen LogP contribution in [0.3, 0.4) is 0 Å². The van der Waals surface area contributed by atoms with Crippen molar-refractivity contribution in [2.75, 3.05) is 0 Å². The molecule has 3 N–H and O–H groups in total. The molecule has 0 aliphatic heterocycles. The molecular weight excluding hydrogens is 370 g/mol. The molecule has 1 unspecified atom stereocenters. The Hall–Kier alpha value is -0.920. The highest BCUT2D eigenvalue weighted by Gasteiger charge is 2.11. The second-order valence-electron chi connectivity index (χ2n) is 4.42. The van der Waals surface area contributed by atoms with E-state index in [2.05, 4.69) is 26.0 Å². The van der Waals surface area contributed by atoms with Crippen LogP contribution >= 0.6 is 28.3 Å². The number of halogens is 4. The van der Waals surface area contributed by atoms with E-state index in [0.717, 1.165) is 4.47 Å². The minimum Gasteiger partial charge on any atom is -0.434 e. The van der Waals surface area contributed by atoms with Gasteiger partial charge in [0.15, 0.2) is 0 Å². The Morgan fingerprint density at radius 2 is 2.14 bits per heavy atom. The fraction of sp³-hybridized carbons (Fsp3) is 0.462. The lowest BCUT2D eigenvalue weighted by molar-refractivity contribution is -0.121. The van der Waals surface area contributed by atoms with Crippen molar-refractivity contribution in [1.29, 1.82) is 0 Å². The molecule has 0 aliphatic rings. The van der Waals surface area contributed by atoms with Crippen LogP contribution in [-0.4, -0.2) is 18.6 Å². The molecule has 0 spiro atoms. The maximum absolute atomic E-state index is 12.3. The number of hydrogen-bond acceptors (Lipinski definition) is 3. The van der Waals surface area contributed by atoms with Gasteiger partial charge in [-0.15, -0.1) is 12.4 Å². The molecule has 21 heavy (non-hydrogen) atoms. The number of nitrogens with two attached hydrogens (primary N) is 1. The normalized spacial score (nSPS) is 11.7. The Bertz CT molecular complexity index is 462. The summed E-state index contributed by atoms with van der Waals surface area (Å²) in [4.78, 5) is 11.6. The van der Waals surface area contributed by atoms with Crippen LogP contribution in [0.1, 0.15) is 25.3 Å². The van der Waals surface area contributed by atoms with Gasteiger partial charge in [0, 0.05) is 29.0 Å². The summed E-state index contributed by atoms with van der Waals surface area (Å²) < 4.78 is 29.7. The molecular formula is C13H18BrClF2N2O2. The van der Waals surface area contributed by atoms with Crippen molar-refractivity contribution in [2.45, 2.75) is 39.0 Å². The molecule has 1 atom stereocenters. The van der Waals surface area contributed by atoms with Gasteiger partial charge in [0.1, 0.15) is 5.75 Å². The standard InChI is InChI=1S/C13H17BrF2N2O2.ClH/c1-8(17)2-5-12(19)18-7-9-6-10(14)3-4-11(9)20-13(15)16;/h3-4,6,8,13H,2,5,7,17H2,1H3,(H,18,19);1H. The third-order valence-electron chi connectivity index (χ3n) is 2.54. The quantitative estimate of drug-likeness (QED) is 0.755. The number of benzene rings is 1. The zero-order chi connectivity index (χ0) is 15.1. The molecule has 0 bridgehead atoms. The predicted molar refractivity (Wildman–Crippen MR) is 82.8 cm³/mol. The van der Waals surface area contributed by atoms with E-state index in [1.165, 1.54) is 6.07 Å². The Labute approximate surface area is 137 Å². The van der Waals surface area contributed by atoms with E-state index in [0.29, 0.717) is 18.4 Å². The van der Waals surface area contributed by atoms with Gasteiger partial charge in [-0.3, -0.25) is 4.79 Å². The second kappa shape index (κ2) is 9.92. The van der Waals surface area contributed by atoms with Crippen molar-refractivity contribution in [1.82, 2.24) is 5.32 Å². The van der Waals surface area contributed by atoms with E-state index < -0.39 is 6.61 Å². The number of carbonyl (C=O) groups excluding carboxylic acids is 1. The monoisotopic (exact) mass is 386 g/mol. The van der Waals surface area contributed by atoms with Crippen LogP contribution in [-0.2, 0) is 11.3 Å². The fourth-order valence-corrected chi connectivity index (χ4v) is 1.95. The van der Waals surface area contributed by atoms with Crippen molar-refractivity contribution in [3.8, 4) is 5.75 Å². The Balaban J connectivity index is 0.00000400. The maximum Gasteiger partial charge on any atom is 0.387 e. The number of ether oxygens (including phenoxy) is 1. The van der Waals surface area contributed by atoms with Gasteiger partial charge in [0.2, 0.25) is 5.91 Å². The molecule has 0 saturated carbocycles. The van der Waals surface area contributed by atoms with Crippen LogP contribution in [0.25, 0.3) is 0 Å². The van der Waals surface area contributed by atoms with Gasteiger partial charge in [0.25, 0.3) is 0 Å². The molecule has 1 rings (SSSR count). The van der Waals surface area contributed by atoms with Crippen LogP contribution in [0.15, 0.2) is 22.7 Å². The topological polar surface area (TPSA) is 64.4 Å². The van der Waals surface area contributed by atoms with Gasteiger partial charge < -0.3 is 15.8 Å². The van der Waals surface area contributed by atoms with Gasteiger partial charge in [-0.05, 0) is 31.5 Å². The molecule has 120 valence electrons. The van der Waals surface area contributed by atoms with Gasteiger partial charge in [-0.2, -0.15) is 8.78 Å². The molecule has 4 nitrogen and oxygen atoms in total. The summed E-state index contributed by atoms with van der Waals surface area (Å²) in [6, 6.07) is 4.60. The molecule has 1 amide bonds. The van der Waals surface area contributed by atoms with E-state index in [1.807, 2.05) is 6.92 Å². The third-order valence-corrected chi connectivity index (χ3v) is 3.03. The first-order valence-corrected chi connectivity index (χ1v) is 6.93. The minimum atomic E-state index is -2.90. The van der Waals surface area contributed by atoms with Crippen LogP contribution in [0.5, 0.6) is 5.75 Å². The molecule has 0 radical (unpaired) electrons. The Morgan fingerprint density at radius 1 is 1.48 bits per heavy atom. The van der Waals surface area contributed by atoms with Crippen molar-refractivity contribution >= 4 is 34.2 Å². The molecule has 0 fully saturated rings. The Kier molecular flexibility index (Phi) is 9.48. The molecule has 1 aromatic carbocycles. The van der Waals surface area contributed by atoms with Gasteiger partial charge in [0.05, 0.1) is 0 Å². The fourth-order valence-electron chi connectivity index (χ4n) is 1.54. The molecule has 1 aromatic rings. The second-order valence-corrected chi connectivity index (χ2v) is 5.34. The molecule has 0 heterocycles. The van der Waals surface area contributed by atoms with Crippen molar-refractivity contribution < 1.29 is 18.3 Å². The molecule has 0 aromatic heterocycles. The smallest absolute Gasteiger partial charge is 0.387 e. The van der Waals surface area contributed by atoms with E-state index in [-0.39, 0.29) is 36.7 Å². The number of amides is 1. The first-order chi connectivity index (χ1) is 9.38. The zero-order valence-corrected chi connectivity index (χ0v) is 13.8. The summed E-state index contributed by atoms with van der Waals surface area (Å²) in [5.41, 5.74) is 6.04. The van der Waals surface area contributed by atoms with Gasteiger partial charge in [-0.1, -0.05) is 15.9 Å². The largest absolute Gasteiger partial charge is 0.434 e. The summed E-state index contributed by atoms with van der Waals surface area (Å²) in [5.74, 6) is -0.124. The van der Waals surface area contributed by atoms with E-state index in [1.54, 1.807) is 12.1 Å². The van der Waals surface area contributed by atoms with Gasteiger partial charge >= 0.3 is 6.61 Å². The lowest BCUT2D eigenvalue weighted by atomic mass is 10.1. The van der Waals surface area contributed by atoms with Crippen molar-refractivity contribution in [3.05, 3.63) is 28.2 Å². The van der Waals surface area contributed by atoms with Crippen LogP contribution < -0.4 is 15.8 Å². The first-order valence-electron chi connectivity index (χ1n) is 6.14. The number of rotatable bonds is 7. The first kappa shape index (κ1) is 20.1. The highest BCUT2D eigenvalue weighted by atomic mass is 79.9. The summed E-state index contributed by atoms with van der Waals surface area (Å²) >= 11 is 3.25. The lowest BCUT2D eigenvalue weighted by Crippen LogP contribution is -2.25. The zero-order valence-electron chi connectivity index (χ0n) is 11.4. The van der Waals surface area contributed by atoms with Crippen LogP contribution in [0, 0.1) is 0 Å². The van der Waals surface area contributed by atoms with E-state index in [9.17, 15) is 13.6 Å². The van der Waals surface area contributed by atoms with Crippen molar-refractivity contribution in [3.63, 3.8) is 0 Å². The number of alkyl halides is 2. The highest BCUT2D eigenvalue weighted by molar-refractivity contribution is 9.10. The molecule has 8 heteroatoms. The summed E-state index contributed by atoms with van der Waals surface area (Å²) in [7, 11) is 0. The third kappa shape index (κ3) is 8.18. The average molecular weight is 388 g/mol.